The number of carboxylic acid groups (broad SMARTS) is 1. The van der Waals surface area contributed by atoms with Gasteiger partial charge < -0.3 is 56.0 Å². The summed E-state index contributed by atoms with van der Waals surface area (Å²) >= 11 is 0. The molecule has 0 saturated carbocycles. The Balaban J connectivity index is 1.50. The highest BCUT2D eigenvalue weighted by Gasteiger charge is 2.34. The molecule has 0 radical (unpaired) electrons. The van der Waals surface area contributed by atoms with Gasteiger partial charge in [0, 0.05) is 35.1 Å². The molecule has 13 nitrogen and oxygen atoms in total. The summed E-state index contributed by atoms with van der Waals surface area (Å²) < 4.78 is 5.63. The summed E-state index contributed by atoms with van der Waals surface area (Å²) in [5, 5.41) is 99.2. The Hall–Kier alpha value is -6.60. The maximum atomic E-state index is 13.9. The van der Waals surface area contributed by atoms with Crippen LogP contribution in [0.4, 0.5) is 0 Å². The molecule has 1 aliphatic rings. The average Bonchev–Trinajstić information content (AvgIpc) is 3.40. The smallest absolute Gasteiger partial charge is 0.345 e. The highest BCUT2D eigenvalue weighted by Crippen LogP contribution is 2.50. The number of allylic oxidation sites excluding steroid dienone is 1. The molecule has 10 N–H and O–H groups in total. The number of hydrogen-bond acceptors (Lipinski definition) is 12. The number of unbranched alkanes of at least 4 members (excludes halogenated alkanes) is 2. The van der Waals surface area contributed by atoms with Gasteiger partial charge in [0.2, 0.25) is 6.10 Å². The van der Waals surface area contributed by atoms with Crippen LogP contribution in [-0.2, 0) is 27.2 Å². The number of phenolic OH excluding ortho intramolecular Hbond substituents is 8. The SMILES string of the molecule is CCCCCC(=CC(=O)O[C@@H](C(=O)O)[C@H](CNCC)c1cc(O)c(O)c(O)c1)c1cc(O)c(O)c2ccc(-c3cc(O)c(O)c4c3-c3cccc(O)c3CCC4)cc12. The van der Waals surface area contributed by atoms with Crippen molar-refractivity contribution < 1.29 is 60.3 Å². The first kappa shape index (κ1) is 41.0. The molecule has 0 spiro atoms. The molecule has 0 heterocycles. The zero-order valence-electron chi connectivity index (χ0n) is 32.1. The molecule has 0 unspecified atom stereocenters. The highest BCUT2D eigenvalue weighted by molar-refractivity contribution is 6.05. The minimum absolute atomic E-state index is 0.0443. The van der Waals surface area contributed by atoms with Crippen LogP contribution in [0.3, 0.4) is 0 Å². The Bertz CT molecular complexity index is 2400. The Kier molecular flexibility index (Phi) is 12.2. The Morgan fingerprint density at radius 3 is 2.12 bits per heavy atom. The van der Waals surface area contributed by atoms with E-state index in [-0.39, 0.29) is 41.2 Å². The second-order valence-corrected chi connectivity index (χ2v) is 14.5. The number of phenols is 8. The molecule has 304 valence electrons. The number of aromatic hydroxyl groups is 8. The van der Waals surface area contributed by atoms with Crippen molar-refractivity contribution in [2.75, 3.05) is 13.1 Å². The van der Waals surface area contributed by atoms with E-state index in [0.29, 0.717) is 82.1 Å². The highest BCUT2D eigenvalue weighted by atomic mass is 16.6. The third-order valence-electron chi connectivity index (χ3n) is 10.7. The van der Waals surface area contributed by atoms with Crippen LogP contribution in [0.5, 0.6) is 46.0 Å². The molecule has 0 amide bonds. The average molecular weight is 794 g/mol. The minimum Gasteiger partial charge on any atom is -0.508 e. The van der Waals surface area contributed by atoms with Gasteiger partial charge in [-0.05, 0) is 125 Å². The third kappa shape index (κ3) is 8.12. The summed E-state index contributed by atoms with van der Waals surface area (Å²) in [6.45, 7) is 4.15. The van der Waals surface area contributed by atoms with E-state index in [2.05, 4.69) is 5.32 Å². The Labute approximate surface area is 334 Å². The number of rotatable bonds is 14. The van der Waals surface area contributed by atoms with Crippen LogP contribution in [0.25, 0.3) is 38.6 Å². The molecule has 5 aromatic rings. The predicted molar refractivity (Wildman–Crippen MR) is 218 cm³/mol. The van der Waals surface area contributed by atoms with E-state index in [1.165, 1.54) is 12.1 Å². The van der Waals surface area contributed by atoms with Gasteiger partial charge in [-0.1, -0.05) is 44.9 Å². The fraction of sp³-hybridized carbons (Fsp3) is 0.289. The number of fused-ring (bicyclic) bond motifs is 4. The summed E-state index contributed by atoms with van der Waals surface area (Å²) in [6.07, 6.45) is 3.35. The summed E-state index contributed by atoms with van der Waals surface area (Å²) in [7, 11) is 0. The predicted octanol–water partition coefficient (Wildman–Crippen LogP) is 7.66. The maximum Gasteiger partial charge on any atom is 0.345 e. The molecule has 2 atom stereocenters. The van der Waals surface area contributed by atoms with Gasteiger partial charge in [0.15, 0.2) is 40.2 Å². The zero-order chi connectivity index (χ0) is 41.8. The molecular weight excluding hydrogens is 746 g/mol. The lowest BCUT2D eigenvalue weighted by Crippen LogP contribution is -2.38. The summed E-state index contributed by atoms with van der Waals surface area (Å²) in [6, 6.07) is 15.1. The summed E-state index contributed by atoms with van der Waals surface area (Å²) in [5.41, 5.74) is 4.38. The molecule has 5 aromatic carbocycles. The largest absolute Gasteiger partial charge is 0.508 e. The van der Waals surface area contributed by atoms with E-state index in [1.54, 1.807) is 37.3 Å². The van der Waals surface area contributed by atoms with Gasteiger partial charge in [0.05, 0.1) is 0 Å². The van der Waals surface area contributed by atoms with E-state index in [9.17, 15) is 55.5 Å². The van der Waals surface area contributed by atoms with Crippen LogP contribution in [0, 0.1) is 0 Å². The quantitative estimate of drug-likeness (QED) is 0.0225. The molecule has 0 aliphatic heterocycles. The van der Waals surface area contributed by atoms with Crippen molar-refractivity contribution in [1.82, 2.24) is 5.32 Å². The number of carbonyl (C=O) groups excluding carboxylic acids is 1. The van der Waals surface area contributed by atoms with Crippen LogP contribution in [0.1, 0.15) is 74.1 Å². The van der Waals surface area contributed by atoms with Gasteiger partial charge in [0.1, 0.15) is 5.75 Å². The molecule has 58 heavy (non-hydrogen) atoms. The topological polar surface area (TPSA) is 237 Å². The minimum atomic E-state index is -1.82. The van der Waals surface area contributed by atoms with Crippen molar-refractivity contribution in [3.8, 4) is 68.2 Å². The van der Waals surface area contributed by atoms with Crippen LogP contribution in [0.15, 0.2) is 66.7 Å². The van der Waals surface area contributed by atoms with Crippen LogP contribution in [-0.4, -0.2) is 77.1 Å². The van der Waals surface area contributed by atoms with Crippen LogP contribution in [0.2, 0.25) is 0 Å². The lowest BCUT2D eigenvalue weighted by Gasteiger charge is -2.25. The van der Waals surface area contributed by atoms with Gasteiger partial charge in [-0.25, -0.2) is 9.59 Å². The fourth-order valence-electron chi connectivity index (χ4n) is 7.83. The van der Waals surface area contributed by atoms with E-state index in [4.69, 9.17) is 4.74 Å². The first-order valence-corrected chi connectivity index (χ1v) is 19.2. The normalized spacial score (nSPS) is 13.7. The second-order valence-electron chi connectivity index (χ2n) is 14.5. The molecular formula is C45H47NO12. The number of esters is 1. The number of benzene rings is 5. The molecule has 13 heteroatoms. The number of likely N-dealkylation sites (N-methyl/N-ethyl adjacent to an activating group) is 1. The first-order chi connectivity index (χ1) is 27.7. The van der Waals surface area contributed by atoms with Crippen molar-refractivity contribution in [1.29, 1.82) is 0 Å². The fourth-order valence-corrected chi connectivity index (χ4v) is 7.83. The van der Waals surface area contributed by atoms with E-state index < -0.39 is 52.7 Å². The monoisotopic (exact) mass is 793 g/mol. The number of carboxylic acids is 1. The number of carbonyl (C=O) groups is 2. The number of aliphatic carboxylic acids is 1. The standard InChI is InChI=1S/C45H47NO12/c1-3-5-6-9-23(19-39(52)58-44(45(56)57)33(22-46-4-2)25-17-35(48)43(55)36(49)18-25)30-20-37(50)41(53)28-15-14-24(16-32(28)30)31-21-38(51)42(54)29-12-7-10-26-27(40(29)31)11-8-13-34(26)47/h8,11,13-21,33,44,46-51,53-55H,3-7,9-10,12,22H2,1-2H3,(H,56,57)/t33-,44-/m1/s1. The molecule has 0 fully saturated rings. The second kappa shape index (κ2) is 17.3. The third-order valence-corrected chi connectivity index (χ3v) is 10.7. The lowest BCUT2D eigenvalue weighted by atomic mass is 9.86. The number of ether oxygens (including phenoxy) is 1. The maximum absolute atomic E-state index is 13.9. The van der Waals surface area contributed by atoms with Crippen molar-refractivity contribution in [3.05, 3.63) is 89.0 Å². The molecule has 0 saturated heterocycles. The van der Waals surface area contributed by atoms with Gasteiger partial charge in [-0.15, -0.1) is 0 Å². The number of nitrogens with one attached hydrogen (secondary N) is 1. The Morgan fingerprint density at radius 2 is 1.43 bits per heavy atom. The summed E-state index contributed by atoms with van der Waals surface area (Å²) in [4.78, 5) is 26.6. The first-order valence-electron chi connectivity index (χ1n) is 19.2. The summed E-state index contributed by atoms with van der Waals surface area (Å²) in [5.74, 6) is -7.21. The van der Waals surface area contributed by atoms with Gasteiger partial charge in [0.25, 0.3) is 0 Å². The number of hydrogen-bond donors (Lipinski definition) is 10. The Morgan fingerprint density at radius 1 is 0.741 bits per heavy atom. The van der Waals surface area contributed by atoms with Crippen LogP contribution >= 0.6 is 0 Å². The molecule has 1 aliphatic carbocycles. The molecule has 0 bridgehead atoms. The van der Waals surface area contributed by atoms with Gasteiger partial charge >= 0.3 is 11.9 Å². The van der Waals surface area contributed by atoms with E-state index in [0.717, 1.165) is 31.1 Å². The lowest BCUT2D eigenvalue weighted by molar-refractivity contribution is -0.162. The van der Waals surface area contributed by atoms with E-state index in [1.807, 2.05) is 13.0 Å². The van der Waals surface area contributed by atoms with Gasteiger partial charge in [-0.2, -0.15) is 0 Å². The van der Waals surface area contributed by atoms with Crippen molar-refractivity contribution in [2.24, 2.45) is 0 Å². The molecule has 6 rings (SSSR count). The van der Waals surface area contributed by atoms with Crippen LogP contribution < -0.4 is 5.32 Å². The van der Waals surface area contributed by atoms with Crippen molar-refractivity contribution in [2.45, 2.75) is 70.8 Å². The van der Waals surface area contributed by atoms with Crippen molar-refractivity contribution >= 4 is 28.3 Å². The van der Waals surface area contributed by atoms with Crippen molar-refractivity contribution in [3.63, 3.8) is 0 Å². The van der Waals surface area contributed by atoms with E-state index >= 15 is 0 Å². The molecule has 0 aromatic heterocycles. The van der Waals surface area contributed by atoms with Gasteiger partial charge in [-0.3, -0.25) is 0 Å². The zero-order valence-corrected chi connectivity index (χ0v) is 32.1.